The number of amides is 1. The number of rotatable bonds is 4. The monoisotopic (exact) mass is 339 g/mol. The first kappa shape index (κ1) is 15.5. The van der Waals surface area contributed by atoms with Gasteiger partial charge in [-0.2, -0.15) is 4.98 Å². The van der Waals surface area contributed by atoms with Crippen molar-refractivity contribution in [3.8, 4) is 0 Å². The number of hydrogen-bond acceptors (Lipinski definition) is 6. The summed E-state index contributed by atoms with van der Waals surface area (Å²) in [5.41, 5.74) is 0.740. The zero-order valence-electron chi connectivity index (χ0n) is 13.9. The van der Waals surface area contributed by atoms with Crippen LogP contribution in [0.4, 0.5) is 0 Å². The highest BCUT2D eigenvalue weighted by Gasteiger charge is 2.29. The molecule has 8 heteroatoms. The molecule has 1 aliphatic carbocycles. The lowest BCUT2D eigenvalue weighted by atomic mass is 10.1. The van der Waals surface area contributed by atoms with Crippen molar-refractivity contribution in [2.45, 2.75) is 32.2 Å². The third-order valence-corrected chi connectivity index (χ3v) is 4.21. The Kier molecular flexibility index (Phi) is 3.60. The minimum Gasteiger partial charge on any atom is -0.339 e. The van der Waals surface area contributed by atoms with E-state index >= 15 is 0 Å². The van der Waals surface area contributed by atoms with Crippen molar-refractivity contribution in [1.82, 2.24) is 25.0 Å². The van der Waals surface area contributed by atoms with Crippen LogP contribution in [0.2, 0.25) is 0 Å². The van der Waals surface area contributed by atoms with Gasteiger partial charge in [-0.15, -0.1) is 0 Å². The first-order chi connectivity index (χ1) is 12.0. The van der Waals surface area contributed by atoms with E-state index in [0.29, 0.717) is 39.9 Å². The molecule has 1 saturated carbocycles. The van der Waals surface area contributed by atoms with Gasteiger partial charge in [0.25, 0.3) is 11.5 Å². The number of hydrogen-bond donors (Lipinski definition) is 1. The zero-order chi connectivity index (χ0) is 17.6. The number of benzene rings is 1. The van der Waals surface area contributed by atoms with Crippen molar-refractivity contribution < 1.29 is 9.32 Å². The van der Waals surface area contributed by atoms with Crippen LogP contribution in [0.1, 0.15) is 46.7 Å². The fourth-order valence-corrected chi connectivity index (χ4v) is 2.72. The summed E-state index contributed by atoms with van der Waals surface area (Å²) in [6, 6.07) is 4.86. The van der Waals surface area contributed by atoms with Gasteiger partial charge in [0.05, 0.1) is 17.4 Å². The zero-order valence-corrected chi connectivity index (χ0v) is 13.9. The molecule has 1 fully saturated rings. The Morgan fingerprint density at radius 1 is 1.36 bits per heavy atom. The molecule has 0 unspecified atom stereocenters. The summed E-state index contributed by atoms with van der Waals surface area (Å²) in [7, 11) is 1.68. The highest BCUT2D eigenvalue weighted by molar-refractivity contribution is 5.97. The van der Waals surface area contributed by atoms with Gasteiger partial charge in [0.1, 0.15) is 5.82 Å². The van der Waals surface area contributed by atoms with Crippen molar-refractivity contribution in [1.29, 1.82) is 0 Å². The fraction of sp³-hybridized carbons (Fsp3) is 0.353. The van der Waals surface area contributed by atoms with Gasteiger partial charge in [-0.1, -0.05) is 5.16 Å². The number of aryl methyl sites for hydroxylation is 1. The molecule has 1 N–H and O–H groups in total. The van der Waals surface area contributed by atoms with Crippen LogP contribution in [0.5, 0.6) is 0 Å². The second-order valence-corrected chi connectivity index (χ2v) is 6.37. The number of carbonyl (C=O) groups is 1. The molecule has 1 aliphatic rings. The average Bonchev–Trinajstić information content (AvgIpc) is 3.33. The van der Waals surface area contributed by atoms with Gasteiger partial charge in [-0.3, -0.25) is 9.59 Å². The van der Waals surface area contributed by atoms with Crippen molar-refractivity contribution in [2.24, 2.45) is 0 Å². The Morgan fingerprint density at radius 2 is 2.16 bits per heavy atom. The predicted octanol–water partition coefficient (Wildman–Crippen LogP) is 1.76. The normalized spacial score (nSPS) is 14.0. The molecule has 128 valence electrons. The summed E-state index contributed by atoms with van der Waals surface area (Å²) in [6.45, 7) is 1.96. The fourth-order valence-electron chi connectivity index (χ4n) is 2.72. The molecule has 25 heavy (non-hydrogen) atoms. The first-order valence-corrected chi connectivity index (χ1v) is 8.10. The van der Waals surface area contributed by atoms with E-state index < -0.39 is 0 Å². The van der Waals surface area contributed by atoms with Crippen molar-refractivity contribution >= 4 is 16.8 Å². The van der Waals surface area contributed by atoms with E-state index in [0.717, 1.165) is 12.8 Å². The van der Waals surface area contributed by atoms with Gasteiger partial charge >= 0.3 is 0 Å². The molecule has 1 aromatic carbocycles. The smallest absolute Gasteiger partial charge is 0.258 e. The molecule has 2 aromatic heterocycles. The Labute approximate surface area is 142 Å². The molecule has 0 atom stereocenters. The van der Waals surface area contributed by atoms with E-state index in [1.807, 2.05) is 0 Å². The van der Waals surface area contributed by atoms with Crippen LogP contribution >= 0.6 is 0 Å². The minimum absolute atomic E-state index is 0.195. The molecule has 0 aliphatic heterocycles. The summed E-state index contributed by atoms with van der Waals surface area (Å²) in [6.07, 6.45) is 2.16. The summed E-state index contributed by atoms with van der Waals surface area (Å²) < 4.78 is 5.21. The Morgan fingerprint density at radius 3 is 2.92 bits per heavy atom. The summed E-state index contributed by atoms with van der Waals surface area (Å²) in [4.78, 5) is 37.3. The Balaban J connectivity index is 1.56. The van der Waals surface area contributed by atoms with Crippen LogP contribution in [-0.4, -0.2) is 38.0 Å². The number of aromatic amines is 1. The van der Waals surface area contributed by atoms with Crippen molar-refractivity contribution in [3.05, 3.63) is 51.7 Å². The summed E-state index contributed by atoms with van der Waals surface area (Å²) >= 11 is 0. The highest BCUT2D eigenvalue weighted by atomic mass is 16.5. The minimum atomic E-state index is -0.214. The van der Waals surface area contributed by atoms with Gasteiger partial charge in [0, 0.05) is 18.5 Å². The standard InChI is InChI=1S/C17H17N5O3/c1-9-18-13-7-11(5-6-12(13)15(23)19-9)17(24)22(2)8-14-20-16(25-21-14)10-3-4-10/h5-7,10H,3-4,8H2,1-2H3,(H,18,19,23). The van der Waals surface area contributed by atoms with Gasteiger partial charge in [-0.25, -0.2) is 4.98 Å². The summed E-state index contributed by atoms with van der Waals surface area (Å²) in [5.74, 6) is 1.84. The molecular formula is C17H17N5O3. The lowest BCUT2D eigenvalue weighted by Gasteiger charge is -2.15. The molecule has 0 saturated heterocycles. The molecular weight excluding hydrogens is 322 g/mol. The largest absolute Gasteiger partial charge is 0.339 e. The van der Waals surface area contributed by atoms with Gasteiger partial charge < -0.3 is 14.4 Å². The molecule has 1 amide bonds. The lowest BCUT2D eigenvalue weighted by Crippen LogP contribution is -2.26. The van der Waals surface area contributed by atoms with Gasteiger partial charge in [-0.05, 0) is 38.0 Å². The van der Waals surface area contributed by atoms with Gasteiger partial charge in [0.15, 0.2) is 5.82 Å². The maximum Gasteiger partial charge on any atom is 0.258 e. The van der Waals surface area contributed by atoms with E-state index in [1.54, 1.807) is 32.2 Å². The quantitative estimate of drug-likeness (QED) is 0.776. The van der Waals surface area contributed by atoms with Crippen molar-refractivity contribution in [3.63, 3.8) is 0 Å². The average molecular weight is 339 g/mol. The molecule has 0 radical (unpaired) electrons. The number of aromatic nitrogens is 4. The molecule has 0 bridgehead atoms. The highest BCUT2D eigenvalue weighted by Crippen LogP contribution is 2.38. The lowest BCUT2D eigenvalue weighted by molar-refractivity contribution is 0.0780. The van der Waals surface area contributed by atoms with E-state index in [2.05, 4.69) is 20.1 Å². The predicted molar refractivity (Wildman–Crippen MR) is 89.2 cm³/mol. The van der Waals surface area contributed by atoms with E-state index in [9.17, 15) is 9.59 Å². The molecule has 3 aromatic rings. The first-order valence-electron chi connectivity index (χ1n) is 8.10. The third kappa shape index (κ3) is 3.02. The van der Waals surface area contributed by atoms with E-state index in [-0.39, 0.29) is 18.0 Å². The van der Waals surface area contributed by atoms with E-state index in [1.165, 1.54) is 4.90 Å². The molecule has 4 rings (SSSR count). The van der Waals surface area contributed by atoms with Gasteiger partial charge in [0.2, 0.25) is 5.89 Å². The maximum absolute atomic E-state index is 12.6. The number of nitrogens with one attached hydrogen (secondary N) is 1. The number of nitrogens with zero attached hydrogens (tertiary/aromatic N) is 4. The Hall–Kier alpha value is -3.03. The van der Waals surface area contributed by atoms with Crippen LogP contribution in [0, 0.1) is 6.92 Å². The maximum atomic E-state index is 12.6. The number of carbonyl (C=O) groups excluding carboxylic acids is 1. The summed E-state index contributed by atoms with van der Waals surface area (Å²) in [5, 5.41) is 4.38. The molecule has 2 heterocycles. The van der Waals surface area contributed by atoms with Crippen molar-refractivity contribution in [2.75, 3.05) is 7.05 Å². The third-order valence-electron chi connectivity index (χ3n) is 4.21. The van der Waals surface area contributed by atoms with Crippen LogP contribution in [0.15, 0.2) is 27.5 Å². The van der Waals surface area contributed by atoms with Crippen LogP contribution in [-0.2, 0) is 6.54 Å². The second-order valence-electron chi connectivity index (χ2n) is 6.37. The van der Waals surface area contributed by atoms with Crippen LogP contribution < -0.4 is 5.56 Å². The number of fused-ring (bicyclic) bond motifs is 1. The molecule has 8 nitrogen and oxygen atoms in total. The second kappa shape index (κ2) is 5.80. The molecule has 0 spiro atoms. The van der Waals surface area contributed by atoms with E-state index in [4.69, 9.17) is 4.52 Å². The Bertz CT molecular complexity index is 1020. The van der Waals surface area contributed by atoms with Crippen LogP contribution in [0.3, 0.4) is 0 Å². The number of H-pyrrole nitrogens is 1. The van der Waals surface area contributed by atoms with Crippen LogP contribution in [0.25, 0.3) is 10.9 Å². The topological polar surface area (TPSA) is 105 Å². The SMILES string of the molecule is Cc1nc2cc(C(=O)N(C)Cc3noc(C4CC4)n3)ccc2c(=O)[nH]1.